The third kappa shape index (κ3) is 4.79. The largest absolute Gasteiger partial charge is 0.480 e. The number of aromatic nitrogens is 2. The predicted octanol–water partition coefficient (Wildman–Crippen LogP) is 1.74. The van der Waals surface area contributed by atoms with Crippen LogP contribution < -0.4 is 10.2 Å². The Bertz CT molecular complexity index is 524. The van der Waals surface area contributed by atoms with Crippen LogP contribution in [0.4, 0.5) is 11.6 Å². The summed E-state index contributed by atoms with van der Waals surface area (Å²) in [6.45, 7) is 4.92. The lowest BCUT2D eigenvalue weighted by Crippen LogP contribution is -2.42. The molecule has 2 atom stereocenters. The molecule has 0 saturated carbocycles. The van der Waals surface area contributed by atoms with Gasteiger partial charge in [0.1, 0.15) is 24.0 Å². The Hall–Kier alpha value is -1.89. The van der Waals surface area contributed by atoms with E-state index in [1.54, 1.807) is 6.07 Å². The van der Waals surface area contributed by atoms with E-state index in [9.17, 15) is 15.0 Å². The maximum atomic E-state index is 11.4. The molecule has 23 heavy (non-hydrogen) atoms. The zero-order valence-corrected chi connectivity index (χ0v) is 13.8. The van der Waals surface area contributed by atoms with Gasteiger partial charge >= 0.3 is 5.97 Å². The van der Waals surface area contributed by atoms with E-state index in [0.717, 1.165) is 31.6 Å². The van der Waals surface area contributed by atoms with Gasteiger partial charge in [0.15, 0.2) is 0 Å². The van der Waals surface area contributed by atoms with E-state index in [2.05, 4.69) is 20.2 Å². The smallest absolute Gasteiger partial charge is 0.326 e. The Balaban J connectivity index is 2.13. The highest BCUT2D eigenvalue weighted by Crippen LogP contribution is 2.24. The molecule has 1 aliphatic rings. The Labute approximate surface area is 136 Å². The van der Waals surface area contributed by atoms with Gasteiger partial charge in [0.2, 0.25) is 0 Å². The summed E-state index contributed by atoms with van der Waals surface area (Å²) in [5.41, 5.74) is 0. The molecule has 7 heteroatoms. The topological polar surface area (TPSA) is 98.6 Å². The lowest BCUT2D eigenvalue weighted by Gasteiger charge is -2.35. The van der Waals surface area contributed by atoms with Crippen molar-refractivity contribution in [2.45, 2.75) is 51.6 Å². The molecule has 1 aliphatic heterocycles. The van der Waals surface area contributed by atoms with Gasteiger partial charge in [-0.15, -0.1) is 0 Å². The molecule has 2 heterocycles. The van der Waals surface area contributed by atoms with Crippen LogP contribution in [0.25, 0.3) is 0 Å². The predicted molar refractivity (Wildman–Crippen MR) is 88.6 cm³/mol. The molecule has 1 aromatic rings. The fourth-order valence-corrected chi connectivity index (χ4v) is 2.95. The Morgan fingerprint density at radius 2 is 2.22 bits per heavy atom. The minimum absolute atomic E-state index is 0.0671. The number of hydrogen-bond donors (Lipinski definition) is 3. The third-order valence-corrected chi connectivity index (χ3v) is 4.11. The lowest BCUT2D eigenvalue weighted by molar-refractivity contribution is -0.138. The van der Waals surface area contributed by atoms with Crippen LogP contribution in [0.5, 0.6) is 0 Å². The van der Waals surface area contributed by atoms with E-state index < -0.39 is 12.0 Å². The second kappa shape index (κ2) is 8.10. The number of piperidine rings is 1. The number of anilines is 2. The number of carboxylic acids is 1. The Morgan fingerprint density at radius 3 is 2.87 bits per heavy atom. The minimum Gasteiger partial charge on any atom is -0.480 e. The van der Waals surface area contributed by atoms with E-state index in [-0.39, 0.29) is 18.6 Å². The van der Waals surface area contributed by atoms with Crippen molar-refractivity contribution in [3.05, 3.63) is 12.4 Å². The maximum absolute atomic E-state index is 11.4. The quantitative estimate of drug-likeness (QED) is 0.703. The zero-order valence-electron chi connectivity index (χ0n) is 13.8. The average Bonchev–Trinajstić information content (AvgIpc) is 2.54. The highest BCUT2D eigenvalue weighted by molar-refractivity contribution is 5.77. The molecule has 1 aromatic heterocycles. The second-order valence-electron chi connectivity index (χ2n) is 6.45. The summed E-state index contributed by atoms with van der Waals surface area (Å²) in [4.78, 5) is 21.9. The molecule has 3 N–H and O–H groups in total. The van der Waals surface area contributed by atoms with Crippen LogP contribution in [0.15, 0.2) is 12.4 Å². The third-order valence-electron chi connectivity index (χ3n) is 4.11. The molecule has 0 radical (unpaired) electrons. The molecular formula is C16H26N4O3. The summed E-state index contributed by atoms with van der Waals surface area (Å²) in [6.07, 6.45) is 5.07. The number of carbonyl (C=O) groups is 1. The number of rotatable bonds is 7. The van der Waals surface area contributed by atoms with Gasteiger partial charge in [0.05, 0.1) is 12.6 Å². The van der Waals surface area contributed by atoms with Gasteiger partial charge < -0.3 is 20.4 Å². The summed E-state index contributed by atoms with van der Waals surface area (Å²) in [6, 6.07) is 1.16. The van der Waals surface area contributed by atoms with E-state index in [1.165, 1.54) is 6.33 Å². The van der Waals surface area contributed by atoms with Gasteiger partial charge in [-0.05, 0) is 31.6 Å². The van der Waals surface area contributed by atoms with Gasteiger partial charge in [-0.3, -0.25) is 0 Å². The van der Waals surface area contributed by atoms with Gasteiger partial charge in [0, 0.05) is 12.6 Å². The molecule has 1 saturated heterocycles. The summed E-state index contributed by atoms with van der Waals surface area (Å²) in [5.74, 6) is 0.621. The molecule has 7 nitrogen and oxygen atoms in total. The summed E-state index contributed by atoms with van der Waals surface area (Å²) < 4.78 is 0. The van der Waals surface area contributed by atoms with Crippen molar-refractivity contribution in [3.63, 3.8) is 0 Å². The molecule has 128 valence electrons. The molecule has 0 aromatic carbocycles. The first kappa shape index (κ1) is 17.5. The number of aliphatic hydroxyl groups excluding tert-OH is 1. The molecular weight excluding hydrogens is 296 g/mol. The van der Waals surface area contributed by atoms with Crippen molar-refractivity contribution in [3.8, 4) is 0 Å². The van der Waals surface area contributed by atoms with E-state index in [0.29, 0.717) is 12.2 Å². The second-order valence-corrected chi connectivity index (χ2v) is 6.45. The standard InChI is InChI=1S/C16H26N4O3/c1-11(2)7-13(16(22)23)19-14-8-15(18-10-17-14)20-6-4-3-5-12(20)9-21/h8,10-13,21H,3-7,9H2,1-2H3,(H,22,23)(H,17,18,19). The first-order chi connectivity index (χ1) is 11.0. The molecule has 0 bridgehead atoms. The van der Waals surface area contributed by atoms with Gasteiger partial charge in [-0.25, -0.2) is 14.8 Å². The van der Waals surface area contributed by atoms with Crippen molar-refractivity contribution < 1.29 is 15.0 Å². The summed E-state index contributed by atoms with van der Waals surface area (Å²) in [7, 11) is 0. The fraction of sp³-hybridized carbons (Fsp3) is 0.688. The maximum Gasteiger partial charge on any atom is 0.326 e. The highest BCUT2D eigenvalue weighted by Gasteiger charge is 2.24. The highest BCUT2D eigenvalue weighted by atomic mass is 16.4. The number of carboxylic acid groups (broad SMARTS) is 1. The first-order valence-corrected chi connectivity index (χ1v) is 8.20. The van der Waals surface area contributed by atoms with Gasteiger partial charge in [-0.2, -0.15) is 0 Å². The van der Waals surface area contributed by atoms with E-state index >= 15 is 0 Å². The fourth-order valence-electron chi connectivity index (χ4n) is 2.95. The Kier molecular flexibility index (Phi) is 6.15. The van der Waals surface area contributed by atoms with Crippen molar-refractivity contribution in [1.82, 2.24) is 9.97 Å². The molecule has 0 amide bonds. The van der Waals surface area contributed by atoms with Crippen molar-refractivity contribution in [2.24, 2.45) is 5.92 Å². The van der Waals surface area contributed by atoms with Gasteiger partial charge in [0.25, 0.3) is 0 Å². The zero-order chi connectivity index (χ0) is 16.8. The van der Waals surface area contributed by atoms with Crippen LogP contribution in [-0.2, 0) is 4.79 Å². The van der Waals surface area contributed by atoms with Gasteiger partial charge in [-0.1, -0.05) is 13.8 Å². The summed E-state index contributed by atoms with van der Waals surface area (Å²) in [5, 5.41) is 21.8. The Morgan fingerprint density at radius 1 is 1.43 bits per heavy atom. The molecule has 2 rings (SSSR count). The van der Waals surface area contributed by atoms with Crippen molar-refractivity contribution >= 4 is 17.6 Å². The van der Waals surface area contributed by atoms with Crippen LogP contribution >= 0.6 is 0 Å². The summed E-state index contributed by atoms with van der Waals surface area (Å²) >= 11 is 0. The monoisotopic (exact) mass is 322 g/mol. The van der Waals surface area contributed by atoms with Crippen LogP contribution in [-0.4, -0.2) is 51.4 Å². The molecule has 0 spiro atoms. The van der Waals surface area contributed by atoms with E-state index in [4.69, 9.17) is 0 Å². The van der Waals surface area contributed by atoms with Crippen molar-refractivity contribution in [1.29, 1.82) is 0 Å². The first-order valence-electron chi connectivity index (χ1n) is 8.20. The van der Waals surface area contributed by atoms with Crippen molar-refractivity contribution in [2.75, 3.05) is 23.4 Å². The SMILES string of the molecule is CC(C)CC(Nc1cc(N2CCCCC2CO)ncn1)C(=O)O. The number of aliphatic hydroxyl groups is 1. The molecule has 1 fully saturated rings. The normalized spacial score (nSPS) is 19.7. The van der Waals surface area contributed by atoms with Crippen LogP contribution in [0.2, 0.25) is 0 Å². The van der Waals surface area contributed by atoms with E-state index in [1.807, 2.05) is 13.8 Å². The van der Waals surface area contributed by atoms with Crippen LogP contribution in [0, 0.1) is 5.92 Å². The number of nitrogens with zero attached hydrogens (tertiary/aromatic N) is 3. The molecule has 2 unspecified atom stereocenters. The number of nitrogens with one attached hydrogen (secondary N) is 1. The average molecular weight is 322 g/mol. The lowest BCUT2D eigenvalue weighted by atomic mass is 10.0. The number of hydrogen-bond acceptors (Lipinski definition) is 6. The number of aliphatic carboxylic acids is 1. The molecule has 0 aliphatic carbocycles. The van der Waals surface area contributed by atoms with Crippen LogP contribution in [0.1, 0.15) is 39.5 Å². The minimum atomic E-state index is -0.884. The van der Waals surface area contributed by atoms with Crippen LogP contribution in [0.3, 0.4) is 0 Å².